The number of guanidine groups is 1. The van der Waals surface area contributed by atoms with Gasteiger partial charge in [0.05, 0.1) is 13.0 Å². The van der Waals surface area contributed by atoms with E-state index in [1.54, 1.807) is 0 Å². The van der Waals surface area contributed by atoms with Gasteiger partial charge in [0.25, 0.3) is 0 Å². The number of nitrogens with two attached hydrogens (primary N) is 4. The molecule has 0 aliphatic heterocycles. The van der Waals surface area contributed by atoms with Crippen molar-refractivity contribution in [2.75, 3.05) is 13.1 Å². The minimum Gasteiger partial charge on any atom is -0.481 e. The van der Waals surface area contributed by atoms with Crippen LogP contribution in [0.5, 0.6) is 0 Å². The molecule has 0 rings (SSSR count). The maximum atomic E-state index is 12.6. The molecule has 0 aromatic heterocycles. The lowest BCUT2D eigenvalue weighted by Gasteiger charge is -2.23. The highest BCUT2D eigenvalue weighted by atomic mass is 16.4. The number of hydrogen-bond donors (Lipinski definition) is 9. The molecule has 3 atom stereocenters. The molecule has 0 heterocycles. The summed E-state index contributed by atoms with van der Waals surface area (Å²) in [4.78, 5) is 74.0. The summed E-state index contributed by atoms with van der Waals surface area (Å²) < 4.78 is 0. The van der Waals surface area contributed by atoms with E-state index >= 15 is 0 Å². The van der Waals surface area contributed by atoms with Crippen LogP contribution in [0.1, 0.15) is 32.1 Å². The van der Waals surface area contributed by atoms with Crippen molar-refractivity contribution in [3.8, 4) is 0 Å². The highest BCUT2D eigenvalue weighted by Crippen LogP contribution is 2.04. The maximum absolute atomic E-state index is 12.6. The van der Waals surface area contributed by atoms with Crippen molar-refractivity contribution < 1.29 is 39.0 Å². The number of nitrogens with one attached hydrogen (secondary N) is 3. The summed E-state index contributed by atoms with van der Waals surface area (Å²) in [5.41, 5.74) is 20.6. The van der Waals surface area contributed by atoms with Crippen LogP contribution in [-0.4, -0.2) is 83.0 Å². The fourth-order valence-corrected chi connectivity index (χ4v) is 2.51. The highest BCUT2D eigenvalue weighted by molar-refractivity contribution is 5.95. The van der Waals surface area contributed by atoms with E-state index in [1.165, 1.54) is 0 Å². The molecule has 0 spiro atoms. The third-order valence-corrected chi connectivity index (χ3v) is 4.08. The van der Waals surface area contributed by atoms with Crippen molar-refractivity contribution in [2.45, 2.75) is 50.2 Å². The van der Waals surface area contributed by atoms with E-state index in [0.29, 0.717) is 0 Å². The van der Waals surface area contributed by atoms with Gasteiger partial charge in [0.15, 0.2) is 5.96 Å². The minimum absolute atomic E-state index is 0.0666. The van der Waals surface area contributed by atoms with Crippen molar-refractivity contribution in [3.63, 3.8) is 0 Å². The Labute approximate surface area is 188 Å². The molecule has 16 heteroatoms. The number of carboxylic acids is 2. The van der Waals surface area contributed by atoms with E-state index in [4.69, 9.17) is 28.0 Å². The third-order valence-electron chi connectivity index (χ3n) is 4.08. The summed E-state index contributed by atoms with van der Waals surface area (Å²) in [5, 5.41) is 24.7. The normalized spacial score (nSPS) is 13.0. The van der Waals surface area contributed by atoms with Gasteiger partial charge in [-0.15, -0.1) is 0 Å². The van der Waals surface area contributed by atoms with E-state index in [9.17, 15) is 33.9 Å². The number of nitrogens with zero attached hydrogens (tertiary/aromatic N) is 1. The molecule has 3 unspecified atom stereocenters. The van der Waals surface area contributed by atoms with Crippen LogP contribution in [0.4, 0.5) is 0 Å². The summed E-state index contributed by atoms with van der Waals surface area (Å²) in [6, 6.07) is -4.36. The molecule has 0 radical (unpaired) electrons. The van der Waals surface area contributed by atoms with Crippen LogP contribution in [0.2, 0.25) is 0 Å². The fourth-order valence-electron chi connectivity index (χ4n) is 2.51. The molecular weight excluding hydrogens is 444 g/mol. The first kappa shape index (κ1) is 29.1. The van der Waals surface area contributed by atoms with Gasteiger partial charge in [-0.25, -0.2) is 4.79 Å². The van der Waals surface area contributed by atoms with Gasteiger partial charge in [0, 0.05) is 13.0 Å². The Balaban J connectivity index is 5.36. The molecule has 13 N–H and O–H groups in total. The maximum Gasteiger partial charge on any atom is 0.326 e. The number of carbonyl (C=O) groups excluding carboxylic acids is 4. The van der Waals surface area contributed by atoms with Crippen molar-refractivity contribution >= 4 is 41.5 Å². The lowest BCUT2D eigenvalue weighted by atomic mass is 10.1. The summed E-state index contributed by atoms with van der Waals surface area (Å²) in [7, 11) is 0. The van der Waals surface area contributed by atoms with Crippen LogP contribution in [0, 0.1) is 0 Å². The monoisotopic (exact) mass is 474 g/mol. The zero-order valence-corrected chi connectivity index (χ0v) is 17.8. The Kier molecular flexibility index (Phi) is 13.2. The smallest absolute Gasteiger partial charge is 0.326 e. The molecule has 16 nitrogen and oxygen atoms in total. The number of carbonyl (C=O) groups is 6. The fraction of sp³-hybridized carbons (Fsp3) is 0.588. The molecule has 0 aromatic carbocycles. The number of aliphatic carboxylic acids is 2. The minimum atomic E-state index is -1.59. The average molecular weight is 474 g/mol. The van der Waals surface area contributed by atoms with Crippen LogP contribution in [-0.2, 0) is 28.8 Å². The lowest BCUT2D eigenvalue weighted by molar-refractivity contribution is -0.142. The molecule has 186 valence electrons. The molecule has 33 heavy (non-hydrogen) atoms. The van der Waals surface area contributed by atoms with E-state index in [2.05, 4.69) is 20.9 Å². The number of amides is 4. The molecule has 0 aliphatic carbocycles. The van der Waals surface area contributed by atoms with Gasteiger partial charge < -0.3 is 49.1 Å². The van der Waals surface area contributed by atoms with E-state index in [-0.39, 0.29) is 31.8 Å². The second-order valence-corrected chi connectivity index (χ2v) is 6.84. The molecule has 0 aliphatic rings. The molecule has 4 amide bonds. The van der Waals surface area contributed by atoms with Gasteiger partial charge in [-0.05, 0) is 19.3 Å². The van der Waals surface area contributed by atoms with Crippen LogP contribution >= 0.6 is 0 Å². The van der Waals surface area contributed by atoms with Crippen LogP contribution in [0.3, 0.4) is 0 Å². The predicted octanol–water partition coefficient (Wildman–Crippen LogP) is -4.72. The molecule has 0 aromatic rings. The van der Waals surface area contributed by atoms with Crippen molar-refractivity contribution in [1.29, 1.82) is 0 Å². The topological polar surface area (TPSA) is 295 Å². The lowest BCUT2D eigenvalue weighted by Crippen LogP contribution is -2.57. The van der Waals surface area contributed by atoms with Crippen LogP contribution in [0.25, 0.3) is 0 Å². The summed E-state index contributed by atoms with van der Waals surface area (Å²) in [6.07, 6.45) is -1.38. The van der Waals surface area contributed by atoms with Gasteiger partial charge in [-0.1, -0.05) is 0 Å². The average Bonchev–Trinajstić information content (AvgIpc) is 2.71. The highest BCUT2D eigenvalue weighted by Gasteiger charge is 2.30. The quantitative estimate of drug-likeness (QED) is 0.0581. The molecule has 0 saturated carbocycles. The van der Waals surface area contributed by atoms with Gasteiger partial charge in [0.2, 0.25) is 23.6 Å². The van der Waals surface area contributed by atoms with Crippen molar-refractivity contribution in [1.82, 2.24) is 16.0 Å². The first-order valence-electron chi connectivity index (χ1n) is 9.75. The molecule has 0 fully saturated rings. The van der Waals surface area contributed by atoms with E-state index < -0.39 is 73.1 Å². The van der Waals surface area contributed by atoms with Gasteiger partial charge >= 0.3 is 11.9 Å². The Morgan fingerprint density at radius 2 is 1.39 bits per heavy atom. The molecular formula is C17H30N8O8. The number of aliphatic imine (C=N–C) groups is 1. The number of rotatable bonds is 16. The number of carboxylic acid groups (broad SMARTS) is 2. The van der Waals surface area contributed by atoms with E-state index in [0.717, 1.165) is 0 Å². The Hall–Kier alpha value is -3.95. The zero-order chi connectivity index (χ0) is 25.6. The molecule has 0 saturated heterocycles. The Morgan fingerprint density at radius 3 is 1.88 bits per heavy atom. The predicted molar refractivity (Wildman–Crippen MR) is 113 cm³/mol. The van der Waals surface area contributed by atoms with Gasteiger partial charge in [-0.3, -0.25) is 29.0 Å². The Morgan fingerprint density at radius 1 is 0.818 bits per heavy atom. The summed E-state index contributed by atoms with van der Waals surface area (Å²) >= 11 is 0. The molecule has 0 bridgehead atoms. The number of hydrogen-bond acceptors (Lipinski definition) is 8. The van der Waals surface area contributed by atoms with Gasteiger partial charge in [-0.2, -0.15) is 0 Å². The summed E-state index contributed by atoms with van der Waals surface area (Å²) in [5.74, 6) is -6.57. The SMILES string of the molecule is NCC(=O)NC(CCC(=O)O)C(=O)NC(CC(N)=O)C(=O)NC(CCCN=C(N)N)C(=O)O. The van der Waals surface area contributed by atoms with Crippen molar-refractivity contribution in [2.24, 2.45) is 27.9 Å². The van der Waals surface area contributed by atoms with E-state index in [1.807, 2.05) is 0 Å². The second-order valence-electron chi connectivity index (χ2n) is 6.84. The van der Waals surface area contributed by atoms with Crippen LogP contribution < -0.4 is 38.9 Å². The zero-order valence-electron chi connectivity index (χ0n) is 17.8. The Bertz CT molecular complexity index is 768. The third kappa shape index (κ3) is 13.1. The standard InChI is InChI=1S/C17H30N8O8/c18-7-12(27)23-8(3-4-13(28)29)14(30)25-10(6-11(19)26)15(31)24-9(16(32)33)2-1-5-22-17(20)21/h8-10H,1-7,18H2,(H2,19,26)(H,23,27)(H,24,31)(H,25,30)(H,28,29)(H,32,33)(H4,20,21,22). The van der Waals surface area contributed by atoms with Gasteiger partial charge in [0.1, 0.15) is 18.1 Å². The first-order chi connectivity index (χ1) is 15.4. The largest absolute Gasteiger partial charge is 0.481 e. The summed E-state index contributed by atoms with van der Waals surface area (Å²) in [6.45, 7) is -0.377. The second kappa shape index (κ2) is 15.0. The number of primary amides is 1. The first-order valence-corrected chi connectivity index (χ1v) is 9.75. The van der Waals surface area contributed by atoms with Crippen LogP contribution in [0.15, 0.2) is 4.99 Å². The van der Waals surface area contributed by atoms with Crippen molar-refractivity contribution in [3.05, 3.63) is 0 Å².